The minimum atomic E-state index is 0.672. The van der Waals surface area contributed by atoms with E-state index in [-0.39, 0.29) is 0 Å². The van der Waals surface area contributed by atoms with E-state index >= 15 is 0 Å². The van der Waals surface area contributed by atoms with Crippen LogP contribution in [0.4, 0.5) is 0 Å². The monoisotopic (exact) mass is 167 g/mol. The first kappa shape index (κ1) is 8.73. The Labute approximate surface area is 71.3 Å². The Morgan fingerprint density at radius 2 is 2.58 bits per heavy atom. The normalized spacial score (nSPS) is 11.8. The van der Waals surface area contributed by atoms with Gasteiger partial charge in [-0.2, -0.15) is 5.10 Å². The molecule has 0 fully saturated rings. The number of aliphatic imine (C=N–C) groups is 1. The largest absolute Gasteiger partial charge is 0.308 e. The third-order valence-electron chi connectivity index (χ3n) is 1.43. The highest BCUT2D eigenvalue weighted by Gasteiger charge is 2.01. The smallest absolute Gasteiger partial charge is 0.145 e. The number of nitrogens with zero attached hydrogens (tertiary/aromatic N) is 3. The maximum Gasteiger partial charge on any atom is 0.145 e. The zero-order valence-corrected chi connectivity index (χ0v) is 7.28. The van der Waals surface area contributed by atoms with Gasteiger partial charge in [-0.3, -0.25) is 9.67 Å². The van der Waals surface area contributed by atoms with Crippen LogP contribution in [0.5, 0.6) is 0 Å². The predicted octanol–water partition coefficient (Wildman–Crippen LogP) is -0.350. The topological polar surface area (TPSA) is 68.2 Å². The second-order valence-electron chi connectivity index (χ2n) is 2.37. The number of nitrogens with two attached hydrogens (primary N) is 1. The first-order chi connectivity index (χ1) is 5.77. The predicted molar refractivity (Wildman–Crippen MR) is 47.6 cm³/mol. The van der Waals surface area contributed by atoms with Crippen LogP contribution in [0.1, 0.15) is 12.5 Å². The summed E-state index contributed by atoms with van der Waals surface area (Å²) < 4.78 is 1.71. The molecule has 0 atom stereocenters. The van der Waals surface area contributed by atoms with Gasteiger partial charge in [-0.05, 0) is 6.92 Å². The number of amidine groups is 1. The third kappa shape index (κ3) is 1.82. The van der Waals surface area contributed by atoms with Crippen LogP contribution in [-0.4, -0.2) is 22.2 Å². The van der Waals surface area contributed by atoms with E-state index in [9.17, 15) is 0 Å². The molecule has 0 amide bonds. The van der Waals surface area contributed by atoms with Gasteiger partial charge in [0.05, 0.1) is 11.8 Å². The maximum absolute atomic E-state index is 5.28. The molecule has 1 aromatic heterocycles. The lowest BCUT2D eigenvalue weighted by atomic mass is 10.3. The summed E-state index contributed by atoms with van der Waals surface area (Å²) in [6, 6.07) is 0. The summed E-state index contributed by atoms with van der Waals surface area (Å²) in [6.45, 7) is 2.65. The molecule has 0 unspecified atom stereocenters. The number of hydrogen-bond acceptors (Lipinski definition) is 3. The van der Waals surface area contributed by atoms with Crippen molar-refractivity contribution in [2.24, 2.45) is 17.9 Å². The lowest BCUT2D eigenvalue weighted by molar-refractivity contribution is 0.767. The third-order valence-corrected chi connectivity index (χ3v) is 1.43. The number of rotatable bonds is 2. The zero-order chi connectivity index (χ0) is 8.97. The molecular formula is C7H13N5. The van der Waals surface area contributed by atoms with Gasteiger partial charge in [0.2, 0.25) is 0 Å². The molecule has 1 heterocycles. The highest BCUT2D eigenvalue weighted by atomic mass is 15.3. The molecule has 0 radical (unpaired) electrons. The highest BCUT2D eigenvalue weighted by Crippen LogP contribution is 1.96. The van der Waals surface area contributed by atoms with Crippen LogP contribution in [-0.2, 0) is 7.05 Å². The number of hydrogen-bond donors (Lipinski definition) is 2. The van der Waals surface area contributed by atoms with Crippen molar-refractivity contribution in [2.75, 3.05) is 6.54 Å². The van der Waals surface area contributed by atoms with Crippen molar-refractivity contribution in [3.63, 3.8) is 0 Å². The summed E-state index contributed by atoms with van der Waals surface area (Å²) in [5, 5.41) is 4.01. The Morgan fingerprint density at radius 3 is 3.00 bits per heavy atom. The lowest BCUT2D eigenvalue weighted by Gasteiger charge is -2.00. The van der Waals surface area contributed by atoms with Gasteiger partial charge in [-0.15, -0.1) is 0 Å². The molecule has 1 rings (SSSR count). The van der Waals surface area contributed by atoms with Crippen LogP contribution in [0, 0.1) is 0 Å². The molecular weight excluding hydrogens is 154 g/mol. The number of nitrogens with one attached hydrogen (secondary N) is 1. The molecule has 1 aromatic rings. The minimum Gasteiger partial charge on any atom is -0.308 e. The van der Waals surface area contributed by atoms with E-state index in [1.54, 1.807) is 10.9 Å². The minimum absolute atomic E-state index is 0.672. The van der Waals surface area contributed by atoms with E-state index < -0.39 is 0 Å². The Morgan fingerprint density at radius 1 is 1.83 bits per heavy atom. The van der Waals surface area contributed by atoms with Crippen molar-refractivity contribution in [3.05, 3.63) is 18.0 Å². The van der Waals surface area contributed by atoms with Crippen LogP contribution >= 0.6 is 0 Å². The summed E-state index contributed by atoms with van der Waals surface area (Å²) in [5.74, 6) is 5.95. The summed E-state index contributed by atoms with van der Waals surface area (Å²) in [4.78, 5) is 4.15. The molecule has 0 saturated carbocycles. The number of aryl methyl sites for hydroxylation is 1. The fourth-order valence-electron chi connectivity index (χ4n) is 0.922. The molecule has 0 aromatic carbocycles. The number of aromatic nitrogens is 2. The van der Waals surface area contributed by atoms with E-state index in [1.165, 1.54) is 0 Å². The van der Waals surface area contributed by atoms with E-state index in [2.05, 4.69) is 15.5 Å². The van der Waals surface area contributed by atoms with Gasteiger partial charge in [0.25, 0.3) is 0 Å². The van der Waals surface area contributed by atoms with Gasteiger partial charge in [-0.25, -0.2) is 5.84 Å². The van der Waals surface area contributed by atoms with Gasteiger partial charge in [-0.1, -0.05) is 0 Å². The van der Waals surface area contributed by atoms with E-state index in [1.807, 2.05) is 20.2 Å². The van der Waals surface area contributed by atoms with Crippen molar-refractivity contribution < 1.29 is 0 Å². The summed E-state index contributed by atoms with van der Waals surface area (Å²) in [6.07, 6.45) is 3.57. The zero-order valence-electron chi connectivity index (χ0n) is 7.28. The standard InChI is InChI=1S/C7H13N5/c1-3-9-7(11-8)6-4-10-12(2)5-6/h4-5H,3,8H2,1-2H3,(H,9,11). The molecule has 66 valence electrons. The van der Waals surface area contributed by atoms with Crippen LogP contribution in [0.3, 0.4) is 0 Å². The molecule has 0 saturated heterocycles. The Hall–Kier alpha value is -1.36. The summed E-state index contributed by atoms with van der Waals surface area (Å²) >= 11 is 0. The van der Waals surface area contributed by atoms with E-state index in [0.29, 0.717) is 12.4 Å². The van der Waals surface area contributed by atoms with E-state index in [0.717, 1.165) is 5.56 Å². The molecule has 0 aliphatic carbocycles. The Bertz CT molecular complexity index is 275. The maximum atomic E-state index is 5.28. The lowest BCUT2D eigenvalue weighted by Crippen LogP contribution is -2.31. The summed E-state index contributed by atoms with van der Waals surface area (Å²) in [5.41, 5.74) is 3.43. The molecule has 0 aliphatic heterocycles. The fraction of sp³-hybridized carbons (Fsp3) is 0.429. The molecule has 0 aliphatic rings. The van der Waals surface area contributed by atoms with Gasteiger partial charge in [0.1, 0.15) is 5.84 Å². The van der Waals surface area contributed by atoms with Crippen LogP contribution in [0.2, 0.25) is 0 Å². The van der Waals surface area contributed by atoms with Crippen molar-refractivity contribution >= 4 is 5.84 Å². The fourth-order valence-corrected chi connectivity index (χ4v) is 0.922. The molecule has 3 N–H and O–H groups in total. The average Bonchev–Trinajstić information content (AvgIpc) is 2.47. The molecule has 5 nitrogen and oxygen atoms in total. The van der Waals surface area contributed by atoms with Crippen LogP contribution < -0.4 is 11.3 Å². The van der Waals surface area contributed by atoms with Gasteiger partial charge in [0.15, 0.2) is 0 Å². The highest BCUT2D eigenvalue weighted by molar-refractivity contribution is 5.97. The SMILES string of the molecule is CCN=C(NN)c1cnn(C)c1. The second-order valence-corrected chi connectivity index (χ2v) is 2.37. The van der Waals surface area contributed by atoms with Crippen LogP contribution in [0.25, 0.3) is 0 Å². The number of hydrazine groups is 1. The first-order valence-corrected chi connectivity index (χ1v) is 3.78. The molecule has 0 bridgehead atoms. The first-order valence-electron chi connectivity index (χ1n) is 3.78. The average molecular weight is 167 g/mol. The van der Waals surface area contributed by atoms with Crippen molar-refractivity contribution in [1.29, 1.82) is 0 Å². The van der Waals surface area contributed by atoms with Crippen molar-refractivity contribution in [1.82, 2.24) is 15.2 Å². The molecule has 5 heteroatoms. The van der Waals surface area contributed by atoms with Crippen molar-refractivity contribution in [2.45, 2.75) is 6.92 Å². The van der Waals surface area contributed by atoms with Crippen LogP contribution in [0.15, 0.2) is 17.4 Å². The Kier molecular flexibility index (Phi) is 2.82. The molecule has 0 spiro atoms. The Balaban J connectivity index is 2.87. The summed E-state index contributed by atoms with van der Waals surface area (Å²) in [7, 11) is 1.85. The van der Waals surface area contributed by atoms with Gasteiger partial charge >= 0.3 is 0 Å². The second kappa shape index (κ2) is 3.87. The van der Waals surface area contributed by atoms with Gasteiger partial charge in [0, 0.05) is 19.8 Å². The molecule has 12 heavy (non-hydrogen) atoms. The quantitative estimate of drug-likeness (QED) is 0.274. The van der Waals surface area contributed by atoms with Gasteiger partial charge < -0.3 is 5.43 Å². The van der Waals surface area contributed by atoms with Crippen molar-refractivity contribution in [3.8, 4) is 0 Å². The van der Waals surface area contributed by atoms with E-state index in [4.69, 9.17) is 5.84 Å².